The van der Waals surface area contributed by atoms with Gasteiger partial charge in [-0.3, -0.25) is 9.59 Å². The lowest BCUT2D eigenvalue weighted by Gasteiger charge is -2.19. The molecule has 2 amide bonds. The first-order valence-electron chi connectivity index (χ1n) is 14.2. The number of ketones is 1. The maximum Gasteiger partial charge on any atom is 0.407 e. The number of carbonyl (C=O) groups is 4. The number of aryl methyl sites for hydroxylation is 2. The van der Waals surface area contributed by atoms with Gasteiger partial charge >= 0.3 is 12.1 Å². The normalized spacial score (nSPS) is 11.6. The third-order valence-electron chi connectivity index (χ3n) is 6.48. The summed E-state index contributed by atoms with van der Waals surface area (Å²) in [7, 11) is 0. The van der Waals surface area contributed by atoms with E-state index in [4.69, 9.17) is 9.47 Å². The minimum absolute atomic E-state index is 0.0993. The third kappa shape index (κ3) is 9.50. The number of thiophene rings is 1. The Bertz CT molecular complexity index is 1590. The first-order chi connectivity index (χ1) is 20.7. The lowest BCUT2D eigenvalue weighted by Crippen LogP contribution is -2.32. The van der Waals surface area contributed by atoms with Crippen LogP contribution in [0.4, 0.5) is 10.5 Å². The van der Waals surface area contributed by atoms with Crippen molar-refractivity contribution < 1.29 is 28.7 Å². The number of carbonyl (C=O) groups excluding carboxylic acids is 4. The van der Waals surface area contributed by atoms with Crippen LogP contribution in [0.5, 0.6) is 0 Å². The number of esters is 1. The highest BCUT2D eigenvalue weighted by Gasteiger charge is 2.28. The molecular formula is C35H40N2O6S. The van der Waals surface area contributed by atoms with Crippen molar-refractivity contribution in [3.8, 4) is 0 Å². The zero-order valence-electron chi connectivity index (χ0n) is 26.5. The van der Waals surface area contributed by atoms with Gasteiger partial charge in [-0.1, -0.05) is 48.0 Å². The molecule has 0 saturated carbocycles. The molecule has 0 spiro atoms. The molecule has 2 aromatic carbocycles. The van der Waals surface area contributed by atoms with Gasteiger partial charge in [-0.05, 0) is 90.3 Å². The van der Waals surface area contributed by atoms with Gasteiger partial charge in [0.2, 0.25) is 0 Å². The minimum atomic E-state index is -0.757. The standard InChI is InChI=1S/C35H40N2O6S/c1-21(2)30(33(40)42-20-29(38)26-12-10-9-11-13-26)31(23(4)28-18-22(3)44-24(28)5)32(39)37-27-16-14-25(15-17-27)19-36-34(41)43-35(6,7)8/h9-18H,19-20H2,1-8H3,(H,36,41)(H,37,39)/b31-23-. The molecule has 2 N–H and O–H groups in total. The summed E-state index contributed by atoms with van der Waals surface area (Å²) in [5, 5.41) is 5.62. The fourth-order valence-corrected chi connectivity index (χ4v) is 5.45. The Morgan fingerprint density at radius 1 is 0.864 bits per heavy atom. The molecule has 0 unspecified atom stereocenters. The zero-order valence-corrected chi connectivity index (χ0v) is 27.4. The molecule has 232 valence electrons. The van der Waals surface area contributed by atoms with Crippen LogP contribution in [0.2, 0.25) is 0 Å². The summed E-state index contributed by atoms with van der Waals surface area (Å²) in [6.45, 7) is 14.4. The van der Waals surface area contributed by atoms with Gasteiger partial charge in [0.25, 0.3) is 5.91 Å². The number of amides is 2. The van der Waals surface area contributed by atoms with Gasteiger partial charge in [0.15, 0.2) is 12.4 Å². The number of hydrogen-bond acceptors (Lipinski definition) is 7. The second kappa shape index (κ2) is 14.8. The number of rotatable bonds is 10. The molecule has 8 nitrogen and oxygen atoms in total. The van der Waals surface area contributed by atoms with Gasteiger partial charge in [-0.15, -0.1) is 11.3 Å². The lowest BCUT2D eigenvalue weighted by atomic mass is 9.92. The molecule has 9 heteroatoms. The highest BCUT2D eigenvalue weighted by molar-refractivity contribution is 7.12. The van der Waals surface area contributed by atoms with Crippen molar-refractivity contribution in [3.63, 3.8) is 0 Å². The molecule has 0 fully saturated rings. The highest BCUT2D eigenvalue weighted by Crippen LogP contribution is 2.33. The number of hydrogen-bond donors (Lipinski definition) is 2. The SMILES string of the molecule is CC(C)=C(C(=O)OCC(=O)c1ccccc1)/C(C(=O)Nc1ccc(CNC(=O)OC(C)(C)C)cc1)=C(\C)c1cc(C)sc1C. The molecule has 3 rings (SSSR count). The summed E-state index contributed by atoms with van der Waals surface area (Å²) >= 11 is 1.60. The molecular weight excluding hydrogens is 576 g/mol. The Labute approximate surface area is 263 Å². The topological polar surface area (TPSA) is 111 Å². The number of anilines is 1. The second-order valence-corrected chi connectivity index (χ2v) is 13.0. The van der Waals surface area contributed by atoms with Crippen LogP contribution in [0.15, 0.2) is 77.4 Å². The van der Waals surface area contributed by atoms with Crippen LogP contribution in [-0.4, -0.2) is 36.0 Å². The number of benzene rings is 2. The lowest BCUT2D eigenvalue weighted by molar-refractivity contribution is -0.138. The molecule has 0 aliphatic rings. The number of nitrogens with one attached hydrogen (secondary N) is 2. The Hall–Kier alpha value is -4.50. The summed E-state index contributed by atoms with van der Waals surface area (Å²) in [4.78, 5) is 54.2. The summed E-state index contributed by atoms with van der Waals surface area (Å²) < 4.78 is 10.7. The van der Waals surface area contributed by atoms with Crippen LogP contribution in [0.1, 0.15) is 72.8 Å². The Balaban J connectivity index is 1.87. The van der Waals surface area contributed by atoms with Gasteiger partial charge in [0, 0.05) is 27.5 Å². The second-order valence-electron chi connectivity index (χ2n) is 11.6. The van der Waals surface area contributed by atoms with Crippen molar-refractivity contribution in [2.75, 3.05) is 11.9 Å². The number of allylic oxidation sites excluding steroid dienone is 2. The Morgan fingerprint density at radius 2 is 1.50 bits per heavy atom. The van der Waals surface area contributed by atoms with Crippen LogP contribution in [-0.2, 0) is 25.6 Å². The highest BCUT2D eigenvalue weighted by atomic mass is 32.1. The van der Waals surface area contributed by atoms with Crippen molar-refractivity contribution in [1.82, 2.24) is 5.32 Å². The number of alkyl carbamates (subject to hydrolysis) is 1. The molecule has 0 atom stereocenters. The van der Waals surface area contributed by atoms with E-state index in [1.807, 2.05) is 19.9 Å². The average molecular weight is 617 g/mol. The molecule has 44 heavy (non-hydrogen) atoms. The molecule has 3 aromatic rings. The Kier molecular flexibility index (Phi) is 11.4. The van der Waals surface area contributed by atoms with Crippen LogP contribution >= 0.6 is 11.3 Å². The van der Waals surface area contributed by atoms with E-state index in [1.54, 1.807) is 107 Å². The monoisotopic (exact) mass is 616 g/mol. The first-order valence-corrected chi connectivity index (χ1v) is 15.1. The quantitative estimate of drug-likeness (QED) is 0.105. The molecule has 0 saturated heterocycles. The zero-order chi connectivity index (χ0) is 32.6. The molecule has 1 aromatic heterocycles. The number of ether oxygens (including phenoxy) is 2. The average Bonchev–Trinajstić information content (AvgIpc) is 3.30. The van der Waals surface area contributed by atoms with Crippen LogP contribution < -0.4 is 10.6 Å². The molecule has 1 heterocycles. The molecule has 0 aliphatic carbocycles. The predicted octanol–water partition coefficient (Wildman–Crippen LogP) is 7.56. The maximum absolute atomic E-state index is 13.9. The molecule has 0 bridgehead atoms. The van der Waals surface area contributed by atoms with Crippen molar-refractivity contribution in [1.29, 1.82) is 0 Å². The van der Waals surface area contributed by atoms with Crippen molar-refractivity contribution in [2.45, 2.75) is 67.5 Å². The summed E-state index contributed by atoms with van der Waals surface area (Å²) in [6.07, 6.45) is -0.522. The molecule has 0 aliphatic heterocycles. The number of Topliss-reactive ketones (excluding diaryl/α,β-unsaturated/α-hetero) is 1. The van der Waals surface area contributed by atoms with Crippen LogP contribution in [0.25, 0.3) is 5.57 Å². The molecule has 0 radical (unpaired) electrons. The van der Waals surface area contributed by atoms with E-state index in [9.17, 15) is 19.2 Å². The third-order valence-corrected chi connectivity index (χ3v) is 7.44. The summed E-state index contributed by atoms with van der Waals surface area (Å²) in [5.41, 5.74) is 3.44. The van der Waals surface area contributed by atoms with Gasteiger partial charge in [-0.2, -0.15) is 0 Å². The predicted molar refractivity (Wildman–Crippen MR) is 175 cm³/mol. The van der Waals surface area contributed by atoms with Gasteiger partial charge in [-0.25, -0.2) is 9.59 Å². The van der Waals surface area contributed by atoms with Crippen LogP contribution in [0.3, 0.4) is 0 Å². The van der Waals surface area contributed by atoms with Crippen molar-refractivity contribution in [2.24, 2.45) is 0 Å². The Morgan fingerprint density at radius 3 is 2.05 bits per heavy atom. The van der Waals surface area contributed by atoms with Gasteiger partial charge in [0.05, 0.1) is 11.1 Å². The van der Waals surface area contributed by atoms with Gasteiger partial charge < -0.3 is 20.1 Å². The van der Waals surface area contributed by atoms with E-state index < -0.39 is 30.2 Å². The van der Waals surface area contributed by atoms with Crippen LogP contribution in [0, 0.1) is 13.8 Å². The van der Waals surface area contributed by atoms with Crippen molar-refractivity contribution in [3.05, 3.63) is 104 Å². The summed E-state index contributed by atoms with van der Waals surface area (Å²) in [5.74, 6) is -1.59. The largest absolute Gasteiger partial charge is 0.454 e. The van der Waals surface area contributed by atoms with E-state index in [-0.39, 0.29) is 23.5 Å². The smallest absolute Gasteiger partial charge is 0.407 e. The van der Waals surface area contributed by atoms with E-state index >= 15 is 0 Å². The van der Waals surface area contributed by atoms with Crippen molar-refractivity contribution >= 4 is 46.4 Å². The van der Waals surface area contributed by atoms with E-state index in [0.717, 1.165) is 20.9 Å². The van der Waals surface area contributed by atoms with E-state index in [1.165, 1.54) is 0 Å². The van der Waals surface area contributed by atoms with Gasteiger partial charge in [0.1, 0.15) is 5.60 Å². The van der Waals surface area contributed by atoms with E-state index in [0.29, 0.717) is 22.4 Å². The maximum atomic E-state index is 13.9. The fraction of sp³-hybridized carbons (Fsp3) is 0.314. The first kappa shape index (κ1) is 34.0. The minimum Gasteiger partial charge on any atom is -0.454 e. The fourth-order valence-electron chi connectivity index (χ4n) is 4.46. The summed E-state index contributed by atoms with van der Waals surface area (Å²) in [6, 6.07) is 17.6. The van der Waals surface area contributed by atoms with E-state index in [2.05, 4.69) is 10.6 Å².